The van der Waals surface area contributed by atoms with E-state index in [0.717, 1.165) is 12.1 Å². The molecule has 0 radical (unpaired) electrons. The van der Waals surface area contributed by atoms with Crippen molar-refractivity contribution in [3.05, 3.63) is 65.2 Å². The van der Waals surface area contributed by atoms with Crippen LogP contribution in [0.3, 0.4) is 0 Å². The highest BCUT2D eigenvalue weighted by molar-refractivity contribution is 6.05. The van der Waals surface area contributed by atoms with E-state index in [1.807, 2.05) is 0 Å². The maximum atomic E-state index is 13.1. The van der Waals surface area contributed by atoms with Gasteiger partial charge in [0.15, 0.2) is 60.0 Å². The molecule has 0 spiro atoms. The predicted molar refractivity (Wildman–Crippen MR) is 185 cm³/mol. The zero-order valence-electron chi connectivity index (χ0n) is 29.9. The van der Waals surface area contributed by atoms with Gasteiger partial charge in [0.05, 0.1) is 26.9 Å². The third kappa shape index (κ3) is 7.63. The number of phenolic OH excluding ortho intramolecular Hbond substituents is 3. The number of phenols is 3. The van der Waals surface area contributed by atoms with Gasteiger partial charge in [0.25, 0.3) is 0 Å². The average molecular weight is 807 g/mol. The van der Waals surface area contributed by atoms with Crippen LogP contribution in [-0.4, -0.2) is 163 Å². The van der Waals surface area contributed by atoms with Crippen molar-refractivity contribution in [2.24, 2.45) is 0 Å². The van der Waals surface area contributed by atoms with E-state index in [4.69, 9.17) is 37.9 Å². The van der Waals surface area contributed by atoms with Gasteiger partial charge in [-0.15, -0.1) is 0 Å². The van der Waals surface area contributed by atoms with E-state index in [-0.39, 0.29) is 45.6 Å². The number of carbonyl (C=O) groups is 1. The highest BCUT2D eigenvalue weighted by Crippen LogP contribution is 2.46. The number of rotatable bonds is 10. The molecular weight excluding hydrogens is 764 g/mol. The number of ether oxygens (including phenoxy) is 8. The smallest absolute Gasteiger partial charge is 0.202 e. The molecule has 14 atom stereocenters. The molecule has 4 aliphatic rings. The monoisotopic (exact) mass is 806 g/mol. The fourth-order valence-corrected chi connectivity index (χ4v) is 7.15. The number of aliphatic hydroxyl groups is 8. The van der Waals surface area contributed by atoms with Crippen molar-refractivity contribution in [3.63, 3.8) is 0 Å². The van der Waals surface area contributed by atoms with Crippen molar-refractivity contribution in [2.45, 2.75) is 85.8 Å². The molecule has 0 aromatic heterocycles. The second-order valence-corrected chi connectivity index (χ2v) is 13.9. The summed E-state index contributed by atoms with van der Waals surface area (Å²) in [4.78, 5) is 13.1. The van der Waals surface area contributed by atoms with Crippen molar-refractivity contribution in [1.82, 2.24) is 0 Å². The van der Waals surface area contributed by atoms with Gasteiger partial charge in [0.1, 0.15) is 71.6 Å². The second kappa shape index (κ2) is 16.4. The van der Waals surface area contributed by atoms with Gasteiger partial charge in [0.2, 0.25) is 5.78 Å². The number of aromatic hydroxyl groups is 3. The number of fused-ring (bicyclic) bond motifs is 2. The fraction of sp³-hybridized carbons (Fsp3) is 0.486. The lowest BCUT2D eigenvalue weighted by molar-refractivity contribution is -0.360. The van der Waals surface area contributed by atoms with Crippen molar-refractivity contribution >= 4 is 5.78 Å². The summed E-state index contributed by atoms with van der Waals surface area (Å²) in [6.45, 7) is -1.94. The number of hydrogen-bond acceptors (Lipinski definition) is 20. The Morgan fingerprint density at radius 2 is 1.30 bits per heavy atom. The molecule has 20 nitrogen and oxygen atoms in total. The van der Waals surface area contributed by atoms with E-state index in [2.05, 4.69) is 0 Å². The van der Waals surface area contributed by atoms with Gasteiger partial charge in [0, 0.05) is 17.7 Å². The first-order chi connectivity index (χ1) is 27.2. The lowest BCUT2D eigenvalue weighted by atomic mass is 9.92. The van der Waals surface area contributed by atoms with Gasteiger partial charge in [-0.05, 0) is 29.8 Å². The molecule has 4 heterocycles. The topological polar surface area (TPSA) is 313 Å². The fourth-order valence-electron chi connectivity index (χ4n) is 7.15. The van der Waals surface area contributed by atoms with Crippen molar-refractivity contribution < 1.29 is 98.9 Å². The van der Waals surface area contributed by atoms with Gasteiger partial charge in [-0.2, -0.15) is 0 Å². The molecule has 20 heteroatoms. The summed E-state index contributed by atoms with van der Waals surface area (Å²) in [6.07, 6.45) is -21.8. The van der Waals surface area contributed by atoms with Gasteiger partial charge < -0.3 is 94.1 Å². The van der Waals surface area contributed by atoms with Crippen LogP contribution in [0.25, 0.3) is 0 Å². The van der Waals surface area contributed by atoms with Crippen LogP contribution in [0, 0.1) is 0 Å². The van der Waals surface area contributed by atoms with Crippen LogP contribution in [0.15, 0.2) is 48.5 Å². The summed E-state index contributed by atoms with van der Waals surface area (Å²) in [6, 6.07) is 10.9. The van der Waals surface area contributed by atoms with E-state index in [0.29, 0.717) is 5.56 Å². The Balaban J connectivity index is 1.11. The summed E-state index contributed by atoms with van der Waals surface area (Å²) in [7, 11) is 1.34. The molecule has 2 saturated heterocycles. The molecule has 2 unspecified atom stereocenters. The molecule has 11 N–H and O–H groups in total. The van der Waals surface area contributed by atoms with Crippen molar-refractivity contribution in [2.75, 3.05) is 26.9 Å². The van der Waals surface area contributed by atoms with Crippen molar-refractivity contribution in [3.8, 4) is 40.2 Å². The van der Waals surface area contributed by atoms with E-state index in [9.17, 15) is 61.0 Å². The lowest BCUT2D eigenvalue weighted by Gasteiger charge is -2.46. The largest absolute Gasteiger partial charge is 0.508 e. The quantitative estimate of drug-likeness (QED) is 0.106. The normalized spacial score (nSPS) is 34.9. The summed E-state index contributed by atoms with van der Waals surface area (Å²) < 4.78 is 46.4. The van der Waals surface area contributed by atoms with E-state index < -0.39 is 117 Å². The van der Waals surface area contributed by atoms with Crippen LogP contribution in [0.5, 0.6) is 40.2 Å². The number of carbonyl (C=O) groups excluding carboxylic acids is 1. The Kier molecular flexibility index (Phi) is 11.7. The Morgan fingerprint density at radius 1 is 0.632 bits per heavy atom. The highest BCUT2D eigenvalue weighted by Gasteiger charge is 2.51. The first-order valence-electron chi connectivity index (χ1n) is 17.7. The highest BCUT2D eigenvalue weighted by atomic mass is 16.7. The molecule has 2 fully saturated rings. The number of methoxy groups -OCH3 is 1. The molecule has 0 amide bonds. The Morgan fingerprint density at radius 3 is 2.02 bits per heavy atom. The molecule has 3 aromatic rings. The zero-order chi connectivity index (χ0) is 40.9. The minimum Gasteiger partial charge on any atom is -0.508 e. The van der Waals surface area contributed by atoms with E-state index >= 15 is 0 Å². The first-order valence-corrected chi connectivity index (χ1v) is 17.7. The maximum Gasteiger partial charge on any atom is 0.202 e. The Bertz CT molecular complexity index is 1920. The SMILES string of the molecule is COc1cc(C2Oc3cc([C@H]4Oc5cc(O)cc(O)c5C(=O)[C@@H]4O)ccc3OC2CO[C@@H]2O[C@H](CO)[C@@H](O[C@@H]3O[C@H](CO)[C@H](O)[C@H](O)[C@H]3O)[C@H](O)[C@H]2O)ccc1O. The number of hydrogen-bond donors (Lipinski definition) is 11. The van der Waals surface area contributed by atoms with Crippen LogP contribution in [-0.2, 0) is 18.9 Å². The minimum absolute atomic E-state index is 0.0862. The molecule has 7 rings (SSSR count). The van der Waals surface area contributed by atoms with Crippen LogP contribution in [0.4, 0.5) is 0 Å². The number of aliphatic hydroxyl groups excluding tert-OH is 8. The van der Waals surface area contributed by atoms with Crippen LogP contribution < -0.4 is 18.9 Å². The maximum absolute atomic E-state index is 13.1. The second-order valence-electron chi connectivity index (χ2n) is 13.9. The molecule has 0 aliphatic carbocycles. The Hall–Kier alpha value is -4.55. The van der Waals surface area contributed by atoms with Crippen molar-refractivity contribution in [1.29, 1.82) is 0 Å². The molecule has 0 bridgehead atoms. The predicted octanol–water partition coefficient (Wildman–Crippen LogP) is -1.99. The molecule has 4 aliphatic heterocycles. The number of benzene rings is 3. The van der Waals surface area contributed by atoms with Gasteiger partial charge in [-0.1, -0.05) is 12.1 Å². The molecule has 57 heavy (non-hydrogen) atoms. The number of ketones is 1. The lowest BCUT2D eigenvalue weighted by Crippen LogP contribution is -2.64. The summed E-state index contributed by atoms with van der Waals surface area (Å²) >= 11 is 0. The third-order valence-corrected chi connectivity index (χ3v) is 10.2. The summed E-state index contributed by atoms with van der Waals surface area (Å²) in [5.41, 5.74) is 0.372. The molecule has 3 aromatic carbocycles. The van der Waals surface area contributed by atoms with Gasteiger partial charge in [-0.3, -0.25) is 4.79 Å². The summed E-state index contributed by atoms with van der Waals surface area (Å²) in [5, 5.41) is 114. The third-order valence-electron chi connectivity index (χ3n) is 10.2. The minimum atomic E-state index is -1.85. The van der Waals surface area contributed by atoms with Crippen LogP contribution >= 0.6 is 0 Å². The van der Waals surface area contributed by atoms with Crippen LogP contribution in [0.2, 0.25) is 0 Å². The van der Waals surface area contributed by atoms with Crippen LogP contribution in [0.1, 0.15) is 33.7 Å². The summed E-state index contributed by atoms with van der Waals surface area (Å²) in [5.74, 6) is -1.74. The molecule has 310 valence electrons. The number of Topliss-reactive ketones (excluding diaryl/α,β-unsaturated/α-hetero) is 1. The zero-order valence-corrected chi connectivity index (χ0v) is 29.9. The van der Waals surface area contributed by atoms with E-state index in [1.54, 1.807) is 0 Å². The standard InChI is InChI=1S/C37H42O20/c1-50-19-6-13(2-4-16(19)41)33-24(12-51-36-32(49)30(47)35(23(11-39)56-36)57-37-31(48)28(45)26(43)22(10-38)55-37)52-18-5-3-14(7-20(18)53-33)34-29(46)27(44)25-17(42)8-15(40)9-21(25)54-34/h2-9,22-24,26,28-43,45-49H,10-12H2,1H3/t22-,23-,24?,26+,28+,29+,30-,31-,32-,33?,34-,35-,36-,37+/m1/s1. The molecule has 0 saturated carbocycles. The van der Waals surface area contributed by atoms with E-state index in [1.165, 1.54) is 43.5 Å². The average Bonchev–Trinajstić information content (AvgIpc) is 3.20. The molecular formula is C37H42O20. The Labute approximate surface area is 322 Å². The van der Waals surface area contributed by atoms with Gasteiger partial charge in [-0.25, -0.2) is 0 Å². The first kappa shape index (κ1) is 40.6. The van der Waals surface area contributed by atoms with Gasteiger partial charge >= 0.3 is 0 Å².